The molecule has 0 atom stereocenters. The third kappa shape index (κ3) is 7.11. The van der Waals surface area contributed by atoms with Gasteiger partial charge in [0.2, 0.25) is 5.91 Å². The highest BCUT2D eigenvalue weighted by Gasteiger charge is 2.11. The normalized spacial score (nSPS) is 11.8. The molecule has 0 saturated heterocycles. The fraction of sp³-hybridized carbons (Fsp3) is 0.250. The molecule has 35 heavy (non-hydrogen) atoms. The molecule has 4 aromatic rings. The Kier molecular flexibility index (Phi) is 9.27. The highest BCUT2D eigenvalue weighted by atomic mass is 79.9. The number of halogens is 1. The Morgan fingerprint density at radius 1 is 1.20 bits per heavy atom. The molecular weight excluding hydrogens is 568 g/mol. The lowest BCUT2D eigenvalue weighted by atomic mass is 10.2. The number of benzene rings is 2. The van der Waals surface area contributed by atoms with Gasteiger partial charge in [0.1, 0.15) is 0 Å². The van der Waals surface area contributed by atoms with E-state index in [0.717, 1.165) is 25.9 Å². The van der Waals surface area contributed by atoms with Crippen molar-refractivity contribution >= 4 is 77.5 Å². The van der Waals surface area contributed by atoms with Crippen molar-refractivity contribution in [2.24, 2.45) is 4.99 Å². The van der Waals surface area contributed by atoms with Crippen molar-refractivity contribution in [3.8, 4) is 11.3 Å². The van der Waals surface area contributed by atoms with Gasteiger partial charge in [-0.15, -0.1) is 23.1 Å². The van der Waals surface area contributed by atoms with Crippen LogP contribution in [0, 0.1) is 0 Å². The topological polar surface area (TPSA) is 85.6 Å². The maximum atomic E-state index is 12.6. The number of amides is 2. The summed E-state index contributed by atoms with van der Waals surface area (Å²) in [5, 5.41) is 5.25. The van der Waals surface area contributed by atoms with E-state index in [9.17, 15) is 9.59 Å². The zero-order valence-electron chi connectivity index (χ0n) is 18.9. The number of carbonyl (C=O) groups excluding carboxylic acids is 2. The molecule has 2 amide bonds. The highest BCUT2D eigenvalue weighted by molar-refractivity contribution is 9.10. The number of carbonyl (C=O) groups is 2. The molecular formula is C24H23BrN4O3S3. The molecule has 0 aliphatic rings. The molecule has 0 aliphatic carbocycles. The van der Waals surface area contributed by atoms with Crippen LogP contribution in [-0.2, 0) is 20.9 Å². The standard InChI is InChI=1S/C24H23BrN4O3S3/c1-2-32-11-10-29-19-9-8-17(25)12-20(19)35-24(29)28-22(31)15-33-14-21(30)27-23-26-18(13-34-23)16-6-4-3-5-7-16/h3-9,12-13H,2,10-11,14-15H2,1H3,(H,26,27,30). The van der Waals surface area contributed by atoms with Crippen molar-refractivity contribution < 1.29 is 14.3 Å². The second kappa shape index (κ2) is 12.6. The summed E-state index contributed by atoms with van der Waals surface area (Å²) in [7, 11) is 0. The van der Waals surface area contributed by atoms with E-state index in [1.165, 1.54) is 34.4 Å². The first kappa shape index (κ1) is 25.8. The van der Waals surface area contributed by atoms with Crippen LogP contribution in [0.1, 0.15) is 6.92 Å². The summed E-state index contributed by atoms with van der Waals surface area (Å²) in [6.45, 7) is 3.73. The second-order valence-electron chi connectivity index (χ2n) is 7.30. The summed E-state index contributed by atoms with van der Waals surface area (Å²) in [4.78, 5) is 34.3. The van der Waals surface area contributed by atoms with Gasteiger partial charge in [-0.3, -0.25) is 9.59 Å². The molecule has 4 rings (SSSR count). The van der Waals surface area contributed by atoms with Crippen LogP contribution in [-0.4, -0.2) is 46.1 Å². The third-order valence-electron chi connectivity index (χ3n) is 4.81. The molecule has 0 aliphatic heterocycles. The predicted molar refractivity (Wildman–Crippen MR) is 148 cm³/mol. The molecule has 0 saturated carbocycles. The number of hydrogen-bond donors (Lipinski definition) is 1. The smallest absolute Gasteiger partial charge is 0.258 e. The fourth-order valence-electron chi connectivity index (χ4n) is 3.25. The van der Waals surface area contributed by atoms with Crippen LogP contribution in [0.25, 0.3) is 21.5 Å². The number of aromatic nitrogens is 2. The van der Waals surface area contributed by atoms with Crippen molar-refractivity contribution in [3.05, 3.63) is 63.2 Å². The SMILES string of the molecule is CCOCCn1c(=NC(=O)CSCC(=O)Nc2nc(-c3ccccc3)cs2)sc2cc(Br)ccc21. The van der Waals surface area contributed by atoms with Crippen molar-refractivity contribution in [2.75, 3.05) is 30.0 Å². The van der Waals surface area contributed by atoms with E-state index in [2.05, 4.69) is 31.2 Å². The third-order valence-corrected chi connectivity index (χ3v) is 8.02. The lowest BCUT2D eigenvalue weighted by Gasteiger charge is -2.05. The van der Waals surface area contributed by atoms with Gasteiger partial charge < -0.3 is 14.6 Å². The number of nitrogens with zero attached hydrogens (tertiary/aromatic N) is 3. The Bertz CT molecular complexity index is 1380. The molecule has 7 nitrogen and oxygen atoms in total. The van der Waals surface area contributed by atoms with Crippen LogP contribution in [0.15, 0.2) is 63.4 Å². The average molecular weight is 592 g/mol. The van der Waals surface area contributed by atoms with Gasteiger partial charge in [-0.1, -0.05) is 57.6 Å². The summed E-state index contributed by atoms with van der Waals surface area (Å²) in [5.74, 6) is -0.218. The number of thiazole rings is 2. The number of nitrogens with one attached hydrogen (secondary N) is 1. The number of fused-ring (bicyclic) bond motifs is 1. The molecule has 2 aromatic carbocycles. The van der Waals surface area contributed by atoms with E-state index in [4.69, 9.17) is 4.74 Å². The fourth-order valence-corrected chi connectivity index (χ4v) is 6.21. The summed E-state index contributed by atoms with van der Waals surface area (Å²) < 4.78 is 9.51. The molecule has 182 valence electrons. The summed E-state index contributed by atoms with van der Waals surface area (Å²) >= 11 is 7.56. The Balaban J connectivity index is 1.35. The Morgan fingerprint density at radius 2 is 2.03 bits per heavy atom. The van der Waals surface area contributed by atoms with E-state index >= 15 is 0 Å². The van der Waals surface area contributed by atoms with Gasteiger partial charge in [0.05, 0.1) is 34.0 Å². The van der Waals surface area contributed by atoms with Crippen molar-refractivity contribution in [3.63, 3.8) is 0 Å². The average Bonchev–Trinajstić information content (AvgIpc) is 3.44. The quantitative estimate of drug-likeness (QED) is 0.249. The second-order valence-corrected chi connectivity index (χ2v) is 11.1. The molecule has 11 heteroatoms. The van der Waals surface area contributed by atoms with Crippen molar-refractivity contribution in [2.45, 2.75) is 13.5 Å². The van der Waals surface area contributed by atoms with E-state index < -0.39 is 0 Å². The lowest BCUT2D eigenvalue weighted by Crippen LogP contribution is -2.20. The number of hydrogen-bond acceptors (Lipinski definition) is 7. The monoisotopic (exact) mass is 590 g/mol. The first-order chi connectivity index (χ1) is 17.0. The highest BCUT2D eigenvalue weighted by Crippen LogP contribution is 2.25. The van der Waals surface area contributed by atoms with Gasteiger partial charge in [0, 0.05) is 28.6 Å². The maximum Gasteiger partial charge on any atom is 0.258 e. The van der Waals surface area contributed by atoms with E-state index in [0.29, 0.717) is 29.7 Å². The zero-order valence-corrected chi connectivity index (χ0v) is 22.9. The number of anilines is 1. The molecule has 0 bridgehead atoms. The summed E-state index contributed by atoms with van der Waals surface area (Å²) in [5.41, 5.74) is 2.83. The maximum absolute atomic E-state index is 12.6. The summed E-state index contributed by atoms with van der Waals surface area (Å²) in [6, 6.07) is 15.8. The largest absolute Gasteiger partial charge is 0.380 e. The van der Waals surface area contributed by atoms with Gasteiger partial charge in [0.25, 0.3) is 5.91 Å². The van der Waals surface area contributed by atoms with Gasteiger partial charge in [-0.25, -0.2) is 4.98 Å². The van der Waals surface area contributed by atoms with Crippen molar-refractivity contribution in [1.29, 1.82) is 0 Å². The van der Waals surface area contributed by atoms with Gasteiger partial charge in [-0.05, 0) is 25.1 Å². The van der Waals surface area contributed by atoms with E-state index in [1.807, 2.05) is 65.4 Å². The van der Waals surface area contributed by atoms with E-state index in [1.54, 1.807) is 0 Å². The van der Waals surface area contributed by atoms with Crippen LogP contribution in [0.3, 0.4) is 0 Å². The molecule has 1 N–H and O–H groups in total. The lowest BCUT2D eigenvalue weighted by molar-refractivity contribution is -0.115. The zero-order chi connectivity index (χ0) is 24.6. The molecule has 0 fully saturated rings. The first-order valence-corrected chi connectivity index (χ1v) is 14.5. The van der Waals surface area contributed by atoms with Crippen LogP contribution in [0.2, 0.25) is 0 Å². The Hall–Kier alpha value is -2.31. The molecule has 0 spiro atoms. The van der Waals surface area contributed by atoms with Gasteiger partial charge >= 0.3 is 0 Å². The number of ether oxygens (including phenoxy) is 1. The van der Waals surface area contributed by atoms with E-state index in [-0.39, 0.29) is 23.3 Å². The van der Waals surface area contributed by atoms with Crippen LogP contribution in [0.5, 0.6) is 0 Å². The minimum Gasteiger partial charge on any atom is -0.380 e. The molecule has 2 aromatic heterocycles. The number of rotatable bonds is 10. The molecule has 2 heterocycles. The Labute approximate surface area is 223 Å². The van der Waals surface area contributed by atoms with Crippen LogP contribution < -0.4 is 10.1 Å². The summed E-state index contributed by atoms with van der Waals surface area (Å²) in [6.07, 6.45) is 0. The minimum absolute atomic E-state index is 0.115. The van der Waals surface area contributed by atoms with Crippen molar-refractivity contribution in [1.82, 2.24) is 9.55 Å². The Morgan fingerprint density at radius 3 is 2.83 bits per heavy atom. The molecule has 0 unspecified atom stereocenters. The number of thioether (sulfide) groups is 1. The minimum atomic E-state index is -0.279. The van der Waals surface area contributed by atoms with Gasteiger partial charge in [0.15, 0.2) is 9.93 Å². The van der Waals surface area contributed by atoms with Gasteiger partial charge in [-0.2, -0.15) is 4.99 Å². The van der Waals surface area contributed by atoms with Crippen LogP contribution in [0.4, 0.5) is 5.13 Å². The molecule has 0 radical (unpaired) electrons. The van der Waals surface area contributed by atoms with Crippen LogP contribution >= 0.6 is 50.4 Å². The first-order valence-electron chi connectivity index (χ1n) is 10.9. The predicted octanol–water partition coefficient (Wildman–Crippen LogP) is 5.42.